The number of hydrogen-bond donors (Lipinski definition) is 2. The molecule has 0 fully saturated rings. The number of aliphatic hydroxyl groups excluding tert-OH is 1. The van der Waals surface area contributed by atoms with Crippen molar-refractivity contribution in [2.75, 3.05) is 13.7 Å². The van der Waals surface area contributed by atoms with Gasteiger partial charge in [0.2, 0.25) is 0 Å². The molecule has 2 rings (SSSR count). The molecular weight excluding hydrogens is 260 g/mol. The molecule has 19 heavy (non-hydrogen) atoms. The van der Waals surface area contributed by atoms with Gasteiger partial charge in [0.15, 0.2) is 0 Å². The van der Waals surface area contributed by atoms with Crippen molar-refractivity contribution in [3.05, 3.63) is 45.9 Å². The Bertz CT molecular complexity index is 528. The molecule has 102 valence electrons. The standard InChI is InChI=1S/C14H18N2O2S/c1-9-3-4-10(5-12(9)18-2)11(6-15)14(17)13-7-16-8-19-13/h3-5,7-8,11,14,17H,6,15H2,1-2H3. The topological polar surface area (TPSA) is 68.4 Å². The molecule has 3 N–H and O–H groups in total. The van der Waals surface area contributed by atoms with Crippen molar-refractivity contribution < 1.29 is 9.84 Å². The van der Waals surface area contributed by atoms with E-state index >= 15 is 0 Å². The predicted octanol–water partition coefficient (Wildman–Crippen LogP) is 2.24. The molecule has 0 amide bonds. The lowest BCUT2D eigenvalue weighted by Gasteiger charge is -2.21. The summed E-state index contributed by atoms with van der Waals surface area (Å²) in [5.74, 6) is 0.655. The van der Waals surface area contributed by atoms with E-state index in [0.717, 1.165) is 21.8 Å². The van der Waals surface area contributed by atoms with Gasteiger partial charge in [-0.05, 0) is 24.1 Å². The van der Waals surface area contributed by atoms with E-state index < -0.39 is 6.10 Å². The first-order valence-corrected chi connectivity index (χ1v) is 6.96. The molecule has 4 nitrogen and oxygen atoms in total. The largest absolute Gasteiger partial charge is 0.496 e. The van der Waals surface area contributed by atoms with Gasteiger partial charge in [0, 0.05) is 18.7 Å². The van der Waals surface area contributed by atoms with Crippen LogP contribution in [0.3, 0.4) is 0 Å². The Hall–Kier alpha value is -1.43. The van der Waals surface area contributed by atoms with Gasteiger partial charge in [-0.1, -0.05) is 12.1 Å². The van der Waals surface area contributed by atoms with Crippen LogP contribution in [0.5, 0.6) is 5.75 Å². The third-order valence-corrected chi connectivity index (χ3v) is 4.08. The van der Waals surface area contributed by atoms with Crippen LogP contribution >= 0.6 is 11.3 Å². The van der Waals surface area contributed by atoms with Crippen LogP contribution < -0.4 is 10.5 Å². The zero-order chi connectivity index (χ0) is 13.8. The lowest BCUT2D eigenvalue weighted by Crippen LogP contribution is -2.19. The van der Waals surface area contributed by atoms with Gasteiger partial charge in [0.25, 0.3) is 0 Å². The smallest absolute Gasteiger partial charge is 0.122 e. The van der Waals surface area contributed by atoms with Crippen molar-refractivity contribution in [1.29, 1.82) is 0 Å². The third kappa shape index (κ3) is 2.94. The van der Waals surface area contributed by atoms with Crippen LogP contribution in [-0.4, -0.2) is 23.7 Å². The normalized spacial score (nSPS) is 14.1. The van der Waals surface area contributed by atoms with Gasteiger partial charge in [-0.15, -0.1) is 11.3 Å². The first-order chi connectivity index (χ1) is 9.17. The van der Waals surface area contributed by atoms with Gasteiger partial charge in [-0.2, -0.15) is 0 Å². The number of methoxy groups -OCH3 is 1. The van der Waals surface area contributed by atoms with Crippen molar-refractivity contribution in [3.63, 3.8) is 0 Å². The van der Waals surface area contributed by atoms with Crippen molar-refractivity contribution >= 4 is 11.3 Å². The summed E-state index contributed by atoms with van der Waals surface area (Å²) in [5.41, 5.74) is 9.58. The fraction of sp³-hybridized carbons (Fsp3) is 0.357. The number of aromatic nitrogens is 1. The number of aliphatic hydroxyl groups is 1. The Morgan fingerprint density at radius 1 is 1.47 bits per heavy atom. The molecule has 0 radical (unpaired) electrons. The van der Waals surface area contributed by atoms with Gasteiger partial charge in [0.1, 0.15) is 5.75 Å². The first kappa shape index (κ1) is 14.0. The summed E-state index contributed by atoms with van der Waals surface area (Å²) in [4.78, 5) is 4.82. The Balaban J connectivity index is 2.31. The molecule has 0 aliphatic rings. The minimum atomic E-state index is -0.634. The molecule has 2 atom stereocenters. The van der Waals surface area contributed by atoms with Gasteiger partial charge in [0.05, 0.1) is 23.6 Å². The van der Waals surface area contributed by atoms with Crippen LogP contribution in [0.15, 0.2) is 29.9 Å². The quantitative estimate of drug-likeness (QED) is 0.880. The van der Waals surface area contributed by atoms with Crippen molar-refractivity contribution in [2.45, 2.75) is 18.9 Å². The van der Waals surface area contributed by atoms with E-state index in [1.807, 2.05) is 25.1 Å². The van der Waals surface area contributed by atoms with Crippen LogP contribution in [-0.2, 0) is 0 Å². The van der Waals surface area contributed by atoms with Crippen LogP contribution in [0.4, 0.5) is 0 Å². The van der Waals surface area contributed by atoms with Crippen molar-refractivity contribution in [3.8, 4) is 5.75 Å². The second kappa shape index (κ2) is 6.14. The zero-order valence-electron chi connectivity index (χ0n) is 11.0. The van der Waals surface area contributed by atoms with E-state index in [1.165, 1.54) is 11.3 Å². The summed E-state index contributed by atoms with van der Waals surface area (Å²) in [5, 5.41) is 10.4. The maximum atomic E-state index is 10.4. The highest BCUT2D eigenvalue weighted by molar-refractivity contribution is 7.09. The van der Waals surface area contributed by atoms with Gasteiger partial charge in [-0.25, -0.2) is 0 Å². The summed E-state index contributed by atoms with van der Waals surface area (Å²) in [6.07, 6.45) is 1.05. The summed E-state index contributed by atoms with van der Waals surface area (Å²) in [6, 6.07) is 5.91. The molecule has 2 unspecified atom stereocenters. The van der Waals surface area contributed by atoms with E-state index in [9.17, 15) is 5.11 Å². The maximum Gasteiger partial charge on any atom is 0.122 e. The van der Waals surface area contributed by atoms with E-state index in [2.05, 4.69) is 4.98 Å². The Kier molecular flexibility index (Phi) is 4.52. The molecule has 1 heterocycles. The molecule has 2 aromatic rings. The first-order valence-electron chi connectivity index (χ1n) is 6.08. The molecule has 0 spiro atoms. The number of thiazole rings is 1. The fourth-order valence-electron chi connectivity index (χ4n) is 2.08. The highest BCUT2D eigenvalue weighted by Crippen LogP contribution is 2.34. The van der Waals surface area contributed by atoms with Crippen molar-refractivity contribution in [1.82, 2.24) is 4.98 Å². The molecule has 0 saturated carbocycles. The highest BCUT2D eigenvalue weighted by atomic mass is 32.1. The number of aryl methyl sites for hydroxylation is 1. The SMILES string of the molecule is COc1cc(C(CN)C(O)c2cncs2)ccc1C. The molecule has 5 heteroatoms. The maximum absolute atomic E-state index is 10.4. The molecule has 0 aliphatic heterocycles. The number of hydrogen-bond acceptors (Lipinski definition) is 5. The third-order valence-electron chi connectivity index (χ3n) is 3.24. The number of nitrogens with zero attached hydrogens (tertiary/aromatic N) is 1. The lowest BCUT2D eigenvalue weighted by atomic mass is 9.92. The van der Waals surface area contributed by atoms with E-state index in [1.54, 1.807) is 18.8 Å². The fourth-order valence-corrected chi connectivity index (χ4v) is 2.75. The van der Waals surface area contributed by atoms with E-state index in [-0.39, 0.29) is 5.92 Å². The molecule has 1 aromatic carbocycles. The minimum Gasteiger partial charge on any atom is -0.496 e. The van der Waals surface area contributed by atoms with Crippen LogP contribution in [0.25, 0.3) is 0 Å². The van der Waals surface area contributed by atoms with Gasteiger partial charge < -0.3 is 15.6 Å². The summed E-state index contributed by atoms with van der Waals surface area (Å²) in [6.45, 7) is 2.35. The number of ether oxygens (including phenoxy) is 1. The monoisotopic (exact) mass is 278 g/mol. The van der Waals surface area contributed by atoms with E-state index in [4.69, 9.17) is 10.5 Å². The molecule has 0 aliphatic carbocycles. The summed E-state index contributed by atoms with van der Waals surface area (Å²) < 4.78 is 5.32. The van der Waals surface area contributed by atoms with Crippen LogP contribution in [0.2, 0.25) is 0 Å². The number of nitrogens with two attached hydrogens (primary N) is 1. The predicted molar refractivity (Wildman–Crippen MR) is 76.6 cm³/mol. The Morgan fingerprint density at radius 2 is 2.26 bits per heavy atom. The van der Waals surface area contributed by atoms with Crippen LogP contribution in [0.1, 0.15) is 28.0 Å². The number of rotatable bonds is 5. The number of benzene rings is 1. The van der Waals surface area contributed by atoms with Crippen LogP contribution in [0, 0.1) is 6.92 Å². The second-order valence-electron chi connectivity index (χ2n) is 4.42. The lowest BCUT2D eigenvalue weighted by molar-refractivity contribution is 0.151. The van der Waals surface area contributed by atoms with Gasteiger partial charge >= 0.3 is 0 Å². The minimum absolute atomic E-state index is 0.157. The van der Waals surface area contributed by atoms with Crippen molar-refractivity contribution in [2.24, 2.45) is 5.73 Å². The Morgan fingerprint density at radius 3 is 2.84 bits per heavy atom. The zero-order valence-corrected chi connectivity index (χ0v) is 11.9. The average molecular weight is 278 g/mol. The van der Waals surface area contributed by atoms with E-state index in [0.29, 0.717) is 6.54 Å². The summed E-state index contributed by atoms with van der Waals surface area (Å²) >= 11 is 1.43. The molecular formula is C14H18N2O2S. The average Bonchev–Trinajstić information content (AvgIpc) is 2.95. The molecule has 0 bridgehead atoms. The second-order valence-corrected chi connectivity index (χ2v) is 5.34. The van der Waals surface area contributed by atoms with Gasteiger partial charge in [-0.3, -0.25) is 4.98 Å². The highest BCUT2D eigenvalue weighted by Gasteiger charge is 2.23. The Labute approximate surface area is 116 Å². The molecule has 1 aromatic heterocycles. The summed E-state index contributed by atoms with van der Waals surface area (Å²) in [7, 11) is 1.64. The molecule has 0 saturated heterocycles.